The monoisotopic (exact) mass is 399 g/mol. The van der Waals surface area contributed by atoms with E-state index in [2.05, 4.69) is 15.2 Å². The van der Waals surface area contributed by atoms with Gasteiger partial charge in [0.25, 0.3) is 0 Å². The van der Waals surface area contributed by atoms with Gasteiger partial charge in [0, 0.05) is 36.7 Å². The zero-order chi connectivity index (χ0) is 19.3. The molecule has 0 aliphatic carbocycles. The minimum Gasteiger partial charge on any atom is -0.378 e. The number of benzene rings is 1. The van der Waals surface area contributed by atoms with Crippen molar-refractivity contribution < 1.29 is 13.9 Å². The smallest absolute Gasteiger partial charge is 0.233 e. The second kappa shape index (κ2) is 8.49. The van der Waals surface area contributed by atoms with Crippen molar-refractivity contribution in [2.75, 3.05) is 32.1 Å². The van der Waals surface area contributed by atoms with Crippen LogP contribution in [0.1, 0.15) is 0 Å². The molecule has 144 valence electrons. The molecule has 2 aromatic heterocycles. The molecule has 0 unspecified atom stereocenters. The third-order valence-electron chi connectivity index (χ3n) is 4.33. The molecule has 0 N–H and O–H groups in total. The van der Waals surface area contributed by atoms with Gasteiger partial charge in [0.1, 0.15) is 5.82 Å². The number of amides is 1. The Bertz CT molecular complexity index is 943. The molecule has 0 atom stereocenters. The number of halogens is 1. The first-order valence-electron chi connectivity index (χ1n) is 8.82. The van der Waals surface area contributed by atoms with Crippen LogP contribution in [0.5, 0.6) is 0 Å². The molecular formula is C19H18FN5O2S. The molecule has 0 spiro atoms. The summed E-state index contributed by atoms with van der Waals surface area (Å²) in [7, 11) is 0. The van der Waals surface area contributed by atoms with Gasteiger partial charge in [0.05, 0.1) is 19.0 Å². The Labute approximate surface area is 165 Å². The Morgan fingerprint density at radius 2 is 1.93 bits per heavy atom. The van der Waals surface area contributed by atoms with Crippen LogP contribution in [0, 0.1) is 5.82 Å². The van der Waals surface area contributed by atoms with Crippen LogP contribution in [0.3, 0.4) is 0 Å². The van der Waals surface area contributed by atoms with E-state index in [1.807, 2.05) is 16.7 Å². The summed E-state index contributed by atoms with van der Waals surface area (Å²) in [6.07, 6.45) is 3.37. The number of rotatable bonds is 5. The normalized spacial score (nSPS) is 14.2. The van der Waals surface area contributed by atoms with Crippen LogP contribution in [0.2, 0.25) is 0 Å². The second-order valence-corrected chi connectivity index (χ2v) is 7.08. The lowest BCUT2D eigenvalue weighted by molar-refractivity contribution is -0.132. The molecular weight excluding hydrogens is 381 g/mol. The number of hydrogen-bond donors (Lipinski definition) is 0. The molecule has 9 heteroatoms. The standard InChI is InChI=1S/C19H18FN5O2S/c20-15-3-5-16(6-4-15)25-18(14-2-1-7-21-12-14)22-23-19(25)28-13-17(26)24-8-10-27-11-9-24/h1-7,12H,8-11,13H2. The number of thioether (sulfide) groups is 1. The average Bonchev–Trinajstić information content (AvgIpc) is 3.18. The first kappa shape index (κ1) is 18.6. The molecule has 0 saturated carbocycles. The van der Waals surface area contributed by atoms with E-state index in [0.29, 0.717) is 43.0 Å². The lowest BCUT2D eigenvalue weighted by Crippen LogP contribution is -2.41. The van der Waals surface area contributed by atoms with Crippen LogP contribution in [-0.4, -0.2) is 62.6 Å². The lowest BCUT2D eigenvalue weighted by Gasteiger charge is -2.26. The van der Waals surface area contributed by atoms with Crippen LogP contribution in [0.25, 0.3) is 17.1 Å². The number of ether oxygens (including phenoxy) is 1. The Kier molecular flexibility index (Phi) is 5.63. The molecule has 4 rings (SSSR count). The fraction of sp³-hybridized carbons (Fsp3) is 0.263. The number of morpholine rings is 1. The van der Waals surface area contributed by atoms with Gasteiger partial charge in [-0.05, 0) is 36.4 Å². The zero-order valence-corrected chi connectivity index (χ0v) is 15.8. The van der Waals surface area contributed by atoms with Crippen molar-refractivity contribution in [1.82, 2.24) is 24.6 Å². The highest BCUT2D eigenvalue weighted by atomic mass is 32.2. The highest BCUT2D eigenvalue weighted by Gasteiger charge is 2.20. The molecule has 1 fully saturated rings. The molecule has 1 aliphatic heterocycles. The highest BCUT2D eigenvalue weighted by molar-refractivity contribution is 7.99. The first-order chi connectivity index (χ1) is 13.7. The molecule has 1 aromatic carbocycles. The van der Waals surface area contributed by atoms with Crippen molar-refractivity contribution in [2.24, 2.45) is 0 Å². The minimum absolute atomic E-state index is 0.0323. The van der Waals surface area contributed by atoms with Crippen LogP contribution in [0.4, 0.5) is 4.39 Å². The second-order valence-electron chi connectivity index (χ2n) is 6.14. The van der Waals surface area contributed by atoms with Gasteiger partial charge in [-0.2, -0.15) is 0 Å². The Morgan fingerprint density at radius 1 is 1.14 bits per heavy atom. The van der Waals surface area contributed by atoms with Crippen LogP contribution < -0.4 is 0 Å². The molecule has 7 nitrogen and oxygen atoms in total. The fourth-order valence-electron chi connectivity index (χ4n) is 2.90. The quantitative estimate of drug-likeness (QED) is 0.614. The zero-order valence-electron chi connectivity index (χ0n) is 15.0. The van der Waals surface area contributed by atoms with Crippen molar-refractivity contribution >= 4 is 17.7 Å². The third-order valence-corrected chi connectivity index (χ3v) is 5.24. The van der Waals surface area contributed by atoms with E-state index in [9.17, 15) is 9.18 Å². The Morgan fingerprint density at radius 3 is 2.64 bits per heavy atom. The van der Waals surface area contributed by atoms with Crippen molar-refractivity contribution in [3.8, 4) is 17.1 Å². The van der Waals surface area contributed by atoms with E-state index in [4.69, 9.17) is 4.74 Å². The van der Waals surface area contributed by atoms with Gasteiger partial charge in [-0.1, -0.05) is 11.8 Å². The van der Waals surface area contributed by atoms with Crippen LogP contribution in [0.15, 0.2) is 53.9 Å². The third kappa shape index (κ3) is 4.05. The van der Waals surface area contributed by atoms with E-state index < -0.39 is 0 Å². The summed E-state index contributed by atoms with van der Waals surface area (Å²) in [6, 6.07) is 9.78. The summed E-state index contributed by atoms with van der Waals surface area (Å²) in [5, 5.41) is 9.12. The van der Waals surface area contributed by atoms with E-state index in [-0.39, 0.29) is 17.5 Å². The summed E-state index contributed by atoms with van der Waals surface area (Å²) in [4.78, 5) is 18.4. The van der Waals surface area contributed by atoms with Crippen molar-refractivity contribution in [3.63, 3.8) is 0 Å². The predicted molar refractivity (Wildman–Crippen MR) is 103 cm³/mol. The van der Waals surface area contributed by atoms with E-state index in [0.717, 1.165) is 5.56 Å². The number of nitrogens with zero attached hydrogens (tertiary/aromatic N) is 5. The number of hydrogen-bond acceptors (Lipinski definition) is 6. The van der Waals surface area contributed by atoms with Gasteiger partial charge in [-0.3, -0.25) is 14.3 Å². The van der Waals surface area contributed by atoms with E-state index in [1.54, 1.807) is 29.4 Å². The topological polar surface area (TPSA) is 73.1 Å². The summed E-state index contributed by atoms with van der Waals surface area (Å²) < 4.78 is 20.5. The fourth-order valence-corrected chi connectivity index (χ4v) is 3.75. The molecule has 28 heavy (non-hydrogen) atoms. The summed E-state index contributed by atoms with van der Waals surface area (Å²) in [5.41, 5.74) is 1.50. The SMILES string of the molecule is O=C(CSc1nnc(-c2cccnc2)n1-c1ccc(F)cc1)N1CCOCC1. The molecule has 0 bridgehead atoms. The van der Waals surface area contributed by atoms with Crippen LogP contribution >= 0.6 is 11.8 Å². The van der Waals surface area contributed by atoms with Gasteiger partial charge in [0.2, 0.25) is 5.91 Å². The summed E-state index contributed by atoms with van der Waals surface area (Å²) in [6.45, 7) is 2.33. The average molecular weight is 399 g/mol. The molecule has 3 aromatic rings. The Hall–Kier alpha value is -2.78. The summed E-state index contributed by atoms with van der Waals surface area (Å²) >= 11 is 1.31. The van der Waals surface area contributed by atoms with E-state index >= 15 is 0 Å². The van der Waals surface area contributed by atoms with Crippen LogP contribution in [-0.2, 0) is 9.53 Å². The van der Waals surface area contributed by atoms with Crippen molar-refractivity contribution in [1.29, 1.82) is 0 Å². The number of carbonyl (C=O) groups is 1. The van der Waals surface area contributed by atoms with Gasteiger partial charge >= 0.3 is 0 Å². The molecule has 0 radical (unpaired) electrons. The first-order valence-corrected chi connectivity index (χ1v) is 9.81. The molecule has 1 saturated heterocycles. The van der Waals surface area contributed by atoms with Crippen molar-refractivity contribution in [3.05, 3.63) is 54.6 Å². The maximum absolute atomic E-state index is 13.4. The minimum atomic E-state index is -0.323. The largest absolute Gasteiger partial charge is 0.378 e. The highest BCUT2D eigenvalue weighted by Crippen LogP contribution is 2.28. The number of pyridine rings is 1. The molecule has 1 amide bonds. The van der Waals surface area contributed by atoms with Gasteiger partial charge in [-0.25, -0.2) is 4.39 Å². The lowest BCUT2D eigenvalue weighted by atomic mass is 10.2. The van der Waals surface area contributed by atoms with Gasteiger partial charge in [-0.15, -0.1) is 10.2 Å². The van der Waals surface area contributed by atoms with Gasteiger partial charge in [0.15, 0.2) is 11.0 Å². The van der Waals surface area contributed by atoms with E-state index in [1.165, 1.54) is 23.9 Å². The number of carbonyl (C=O) groups excluding carboxylic acids is 1. The van der Waals surface area contributed by atoms with Gasteiger partial charge < -0.3 is 9.64 Å². The number of aromatic nitrogens is 4. The summed E-state index contributed by atoms with van der Waals surface area (Å²) in [5.74, 6) is 0.536. The molecule has 1 aliphatic rings. The maximum Gasteiger partial charge on any atom is 0.233 e. The predicted octanol–water partition coefficient (Wildman–Crippen LogP) is 2.42. The van der Waals surface area contributed by atoms with Crippen molar-refractivity contribution in [2.45, 2.75) is 5.16 Å². The Balaban J connectivity index is 1.62. The maximum atomic E-state index is 13.4. The molecule has 3 heterocycles.